The molecule has 0 radical (unpaired) electrons. The Morgan fingerprint density at radius 3 is 2.65 bits per heavy atom. The minimum Gasteiger partial charge on any atom is -0.374 e. The van der Waals surface area contributed by atoms with Crippen molar-refractivity contribution in [3.05, 3.63) is 22.7 Å². The Morgan fingerprint density at radius 2 is 2.00 bits per heavy atom. The lowest BCUT2D eigenvalue weighted by Gasteiger charge is -2.22. The first-order chi connectivity index (χ1) is 8.20. The van der Waals surface area contributed by atoms with Gasteiger partial charge in [0, 0.05) is 18.7 Å². The molecule has 0 aromatic carbocycles. The van der Waals surface area contributed by atoms with Gasteiger partial charge in [-0.3, -0.25) is 0 Å². The first kappa shape index (κ1) is 12.8. The molecule has 3 nitrogen and oxygen atoms in total. The number of ether oxygens (including phenoxy) is 1. The van der Waals surface area contributed by atoms with Crippen LogP contribution in [-0.2, 0) is 4.74 Å². The molecule has 0 spiro atoms. The molecule has 1 atom stereocenters. The maximum absolute atomic E-state index is 6.06. The predicted octanol–water partition coefficient (Wildman–Crippen LogP) is 3.89. The average Bonchev–Trinajstić information content (AvgIpc) is 2.38. The van der Waals surface area contributed by atoms with Gasteiger partial charge in [0.05, 0.1) is 0 Å². The molecule has 1 aromatic heterocycles. The molecule has 2 rings (SSSR count). The molecular formula is C13H19ClN2O. The van der Waals surface area contributed by atoms with Gasteiger partial charge in [-0.05, 0) is 25.8 Å². The Morgan fingerprint density at radius 1 is 1.29 bits per heavy atom. The van der Waals surface area contributed by atoms with Crippen LogP contribution in [-0.4, -0.2) is 17.1 Å². The Balaban J connectivity index is 2.24. The summed E-state index contributed by atoms with van der Waals surface area (Å²) in [4.78, 5) is 8.84. The quantitative estimate of drug-likeness (QED) is 0.768. The second kappa shape index (κ2) is 5.78. The Kier molecular flexibility index (Phi) is 4.35. The van der Waals surface area contributed by atoms with Crippen LogP contribution in [0.25, 0.3) is 0 Å². The molecule has 1 heterocycles. The van der Waals surface area contributed by atoms with Gasteiger partial charge < -0.3 is 4.74 Å². The summed E-state index contributed by atoms with van der Waals surface area (Å²) in [6, 6.07) is 1.91. The summed E-state index contributed by atoms with van der Waals surface area (Å²) < 4.78 is 5.25. The third-order valence-electron chi connectivity index (χ3n) is 3.47. The van der Waals surface area contributed by atoms with Crippen molar-refractivity contribution < 1.29 is 4.74 Å². The normalized spacial score (nSPS) is 19.2. The molecular weight excluding hydrogens is 236 g/mol. The van der Waals surface area contributed by atoms with Crippen molar-refractivity contribution in [1.29, 1.82) is 0 Å². The second-order valence-electron chi connectivity index (χ2n) is 4.69. The molecule has 1 fully saturated rings. The molecule has 0 aliphatic heterocycles. The standard InChI is InChI=1S/C13H19ClN2O/c1-9(17-2)13-15-11(8-12(14)16-13)10-6-4-3-5-7-10/h8-10H,3-7H2,1-2H3/t9-/m0/s1. The molecule has 0 bridgehead atoms. The van der Waals surface area contributed by atoms with E-state index >= 15 is 0 Å². The minimum atomic E-state index is -0.101. The summed E-state index contributed by atoms with van der Waals surface area (Å²) >= 11 is 6.06. The Hall–Kier alpha value is -0.670. The van der Waals surface area contributed by atoms with Gasteiger partial charge in [-0.15, -0.1) is 0 Å². The van der Waals surface area contributed by atoms with Gasteiger partial charge in [0.25, 0.3) is 0 Å². The fraction of sp³-hybridized carbons (Fsp3) is 0.692. The number of nitrogens with zero attached hydrogens (tertiary/aromatic N) is 2. The summed E-state index contributed by atoms with van der Waals surface area (Å²) in [6.07, 6.45) is 6.26. The van der Waals surface area contributed by atoms with E-state index in [1.54, 1.807) is 7.11 Å². The average molecular weight is 255 g/mol. The van der Waals surface area contributed by atoms with Crippen molar-refractivity contribution in [1.82, 2.24) is 9.97 Å². The number of aromatic nitrogens is 2. The lowest BCUT2D eigenvalue weighted by atomic mass is 9.87. The lowest BCUT2D eigenvalue weighted by molar-refractivity contribution is 0.111. The van der Waals surface area contributed by atoms with Crippen LogP contribution in [0, 0.1) is 0 Å². The molecule has 94 valence electrons. The van der Waals surface area contributed by atoms with E-state index in [2.05, 4.69) is 9.97 Å². The monoisotopic (exact) mass is 254 g/mol. The SMILES string of the molecule is CO[C@@H](C)c1nc(Cl)cc(C2CCCCC2)n1. The van der Waals surface area contributed by atoms with E-state index in [-0.39, 0.29) is 6.10 Å². The first-order valence-corrected chi connectivity index (χ1v) is 6.65. The number of hydrogen-bond acceptors (Lipinski definition) is 3. The third-order valence-corrected chi connectivity index (χ3v) is 3.67. The number of hydrogen-bond donors (Lipinski definition) is 0. The van der Waals surface area contributed by atoms with Gasteiger partial charge in [0.1, 0.15) is 11.3 Å². The van der Waals surface area contributed by atoms with Crippen LogP contribution in [0.4, 0.5) is 0 Å². The van der Waals surface area contributed by atoms with E-state index in [0.717, 1.165) is 5.69 Å². The zero-order chi connectivity index (χ0) is 12.3. The molecule has 0 saturated heterocycles. The van der Waals surface area contributed by atoms with Crippen LogP contribution in [0.5, 0.6) is 0 Å². The maximum atomic E-state index is 6.06. The van der Waals surface area contributed by atoms with Crippen molar-refractivity contribution in [3.8, 4) is 0 Å². The maximum Gasteiger partial charge on any atom is 0.158 e. The molecule has 1 aromatic rings. The van der Waals surface area contributed by atoms with E-state index in [4.69, 9.17) is 16.3 Å². The highest BCUT2D eigenvalue weighted by atomic mass is 35.5. The van der Waals surface area contributed by atoms with E-state index in [1.165, 1.54) is 32.1 Å². The van der Waals surface area contributed by atoms with Crippen molar-refractivity contribution in [2.75, 3.05) is 7.11 Å². The van der Waals surface area contributed by atoms with Crippen LogP contribution < -0.4 is 0 Å². The number of halogens is 1. The van der Waals surface area contributed by atoms with Gasteiger partial charge in [-0.1, -0.05) is 30.9 Å². The topological polar surface area (TPSA) is 35.0 Å². The van der Waals surface area contributed by atoms with Crippen molar-refractivity contribution in [3.63, 3.8) is 0 Å². The summed E-state index contributed by atoms with van der Waals surface area (Å²) in [5.74, 6) is 1.24. The minimum absolute atomic E-state index is 0.101. The summed E-state index contributed by atoms with van der Waals surface area (Å²) in [7, 11) is 1.66. The largest absolute Gasteiger partial charge is 0.374 e. The lowest BCUT2D eigenvalue weighted by Crippen LogP contribution is -2.11. The summed E-state index contributed by atoms with van der Waals surface area (Å²) in [5.41, 5.74) is 1.09. The summed E-state index contributed by atoms with van der Waals surface area (Å²) in [5, 5.41) is 0.527. The fourth-order valence-electron chi connectivity index (χ4n) is 2.35. The molecule has 0 unspecified atom stereocenters. The molecule has 4 heteroatoms. The van der Waals surface area contributed by atoms with Crippen LogP contribution in [0.3, 0.4) is 0 Å². The zero-order valence-electron chi connectivity index (χ0n) is 10.4. The molecule has 1 aliphatic rings. The van der Waals surface area contributed by atoms with Crippen molar-refractivity contribution >= 4 is 11.6 Å². The van der Waals surface area contributed by atoms with E-state index in [9.17, 15) is 0 Å². The number of rotatable bonds is 3. The predicted molar refractivity (Wildman–Crippen MR) is 68.3 cm³/mol. The summed E-state index contributed by atoms with van der Waals surface area (Å²) in [6.45, 7) is 1.94. The highest BCUT2D eigenvalue weighted by Crippen LogP contribution is 2.32. The number of methoxy groups -OCH3 is 1. The van der Waals surface area contributed by atoms with Gasteiger partial charge in [-0.25, -0.2) is 9.97 Å². The van der Waals surface area contributed by atoms with Crippen molar-refractivity contribution in [2.24, 2.45) is 0 Å². The van der Waals surface area contributed by atoms with Gasteiger partial charge in [0.2, 0.25) is 0 Å². The van der Waals surface area contributed by atoms with Gasteiger partial charge in [-0.2, -0.15) is 0 Å². The van der Waals surface area contributed by atoms with Crippen LogP contribution in [0.1, 0.15) is 62.6 Å². The Labute approximate surface area is 108 Å². The van der Waals surface area contributed by atoms with Gasteiger partial charge >= 0.3 is 0 Å². The molecule has 0 amide bonds. The molecule has 17 heavy (non-hydrogen) atoms. The van der Waals surface area contributed by atoms with E-state index in [0.29, 0.717) is 16.9 Å². The van der Waals surface area contributed by atoms with Gasteiger partial charge in [0.15, 0.2) is 5.82 Å². The van der Waals surface area contributed by atoms with Crippen LogP contribution in [0.2, 0.25) is 5.15 Å². The van der Waals surface area contributed by atoms with E-state index < -0.39 is 0 Å². The highest BCUT2D eigenvalue weighted by Gasteiger charge is 2.19. The first-order valence-electron chi connectivity index (χ1n) is 6.28. The molecule has 0 N–H and O–H groups in total. The molecule has 1 saturated carbocycles. The fourth-order valence-corrected chi connectivity index (χ4v) is 2.55. The highest BCUT2D eigenvalue weighted by molar-refractivity contribution is 6.29. The smallest absolute Gasteiger partial charge is 0.158 e. The van der Waals surface area contributed by atoms with Crippen molar-refractivity contribution in [2.45, 2.75) is 51.0 Å². The zero-order valence-corrected chi connectivity index (χ0v) is 11.2. The van der Waals surface area contributed by atoms with Crippen LogP contribution in [0.15, 0.2) is 6.07 Å². The Bertz CT molecular complexity index is 378. The van der Waals surface area contributed by atoms with Crippen LogP contribution >= 0.6 is 11.6 Å². The third kappa shape index (κ3) is 3.17. The van der Waals surface area contributed by atoms with E-state index in [1.807, 2.05) is 13.0 Å². The molecule has 1 aliphatic carbocycles. The second-order valence-corrected chi connectivity index (χ2v) is 5.07.